The molecule has 1 amide bonds. The molecule has 0 radical (unpaired) electrons. The number of aromatic nitrogens is 2. The first-order valence-corrected chi connectivity index (χ1v) is 10.8. The molecule has 7 heteroatoms. The maximum absolute atomic E-state index is 13.4. The van der Waals surface area contributed by atoms with Gasteiger partial charge in [-0.2, -0.15) is 5.10 Å². The Hall–Kier alpha value is -3.06. The molecule has 0 unspecified atom stereocenters. The topological polar surface area (TPSA) is 65.8 Å². The highest BCUT2D eigenvalue weighted by atomic mass is 16.5. The number of benzene rings is 1. The number of morpholine rings is 1. The molecule has 4 rings (SSSR count). The third kappa shape index (κ3) is 3.60. The molecular formula is C25H31N3O4. The van der Waals surface area contributed by atoms with Crippen LogP contribution < -0.4 is 9.47 Å². The van der Waals surface area contributed by atoms with Crippen LogP contribution in [0.25, 0.3) is 16.7 Å². The van der Waals surface area contributed by atoms with E-state index in [1.165, 1.54) is 0 Å². The van der Waals surface area contributed by atoms with Crippen molar-refractivity contribution < 1.29 is 19.0 Å². The molecule has 1 aromatic carbocycles. The number of methoxy groups -OCH3 is 1. The van der Waals surface area contributed by atoms with Crippen LogP contribution in [0, 0.1) is 6.92 Å². The zero-order valence-electron chi connectivity index (χ0n) is 19.7. The Labute approximate surface area is 189 Å². The van der Waals surface area contributed by atoms with Gasteiger partial charge in [-0.15, -0.1) is 0 Å². The van der Waals surface area contributed by atoms with Crippen molar-refractivity contribution >= 4 is 11.5 Å². The van der Waals surface area contributed by atoms with E-state index in [4.69, 9.17) is 14.2 Å². The van der Waals surface area contributed by atoms with Gasteiger partial charge in [0.05, 0.1) is 32.1 Å². The van der Waals surface area contributed by atoms with Crippen LogP contribution in [0.15, 0.2) is 36.1 Å². The van der Waals surface area contributed by atoms with E-state index in [0.717, 1.165) is 45.0 Å². The largest absolute Gasteiger partial charge is 0.496 e. The summed E-state index contributed by atoms with van der Waals surface area (Å²) in [5.74, 6) is 1.39. The summed E-state index contributed by atoms with van der Waals surface area (Å²) < 4.78 is 19.1. The van der Waals surface area contributed by atoms with Crippen molar-refractivity contribution in [1.82, 2.24) is 14.7 Å². The minimum absolute atomic E-state index is 0.0726. The van der Waals surface area contributed by atoms with E-state index >= 15 is 0 Å². The predicted octanol–water partition coefficient (Wildman–Crippen LogP) is 3.76. The van der Waals surface area contributed by atoms with Crippen molar-refractivity contribution in [2.75, 3.05) is 33.5 Å². The summed E-state index contributed by atoms with van der Waals surface area (Å²) in [6.45, 7) is 14.1. The first-order valence-electron chi connectivity index (χ1n) is 10.8. The summed E-state index contributed by atoms with van der Waals surface area (Å²) in [6, 6.07) is 3.97. The van der Waals surface area contributed by atoms with Crippen molar-refractivity contribution in [3.05, 3.63) is 47.3 Å². The number of rotatable bonds is 4. The first-order chi connectivity index (χ1) is 15.2. The second kappa shape index (κ2) is 8.13. The highest BCUT2D eigenvalue weighted by Gasteiger charge is 2.36. The molecule has 0 spiro atoms. The van der Waals surface area contributed by atoms with Crippen LogP contribution in [0.4, 0.5) is 0 Å². The van der Waals surface area contributed by atoms with Crippen LogP contribution >= 0.6 is 0 Å². The number of amides is 1. The lowest BCUT2D eigenvalue weighted by molar-refractivity contribution is -0.141. The average molecular weight is 438 g/mol. The molecule has 2 aliphatic heterocycles. The Kier molecular flexibility index (Phi) is 5.63. The number of carbonyl (C=O) groups excluding carboxylic acids is 1. The molecule has 1 saturated heterocycles. The second-order valence-corrected chi connectivity index (χ2v) is 9.01. The smallest absolute Gasteiger partial charge is 0.254 e. The Morgan fingerprint density at radius 3 is 2.59 bits per heavy atom. The Balaban J connectivity index is 1.75. The quantitative estimate of drug-likeness (QED) is 0.682. The Morgan fingerprint density at radius 2 is 1.97 bits per heavy atom. The number of fused-ring (bicyclic) bond motifs is 1. The monoisotopic (exact) mass is 437 g/mol. The van der Waals surface area contributed by atoms with Gasteiger partial charge in [0.15, 0.2) is 0 Å². The summed E-state index contributed by atoms with van der Waals surface area (Å²) in [7, 11) is 3.57. The summed E-state index contributed by atoms with van der Waals surface area (Å²) in [4.78, 5) is 15.2. The van der Waals surface area contributed by atoms with E-state index in [2.05, 4.69) is 17.7 Å². The van der Waals surface area contributed by atoms with Crippen LogP contribution in [0.3, 0.4) is 0 Å². The Bertz CT molecular complexity index is 1130. The second-order valence-electron chi connectivity index (χ2n) is 9.01. The van der Waals surface area contributed by atoms with Gasteiger partial charge in [-0.1, -0.05) is 6.58 Å². The minimum atomic E-state index is -0.376. The van der Waals surface area contributed by atoms with Gasteiger partial charge in [0.25, 0.3) is 5.91 Å². The maximum atomic E-state index is 13.4. The fourth-order valence-electron chi connectivity index (χ4n) is 4.38. The van der Waals surface area contributed by atoms with Gasteiger partial charge in [0.2, 0.25) is 0 Å². The van der Waals surface area contributed by atoms with Crippen LogP contribution in [0.5, 0.6) is 11.5 Å². The maximum Gasteiger partial charge on any atom is 0.254 e. The molecule has 1 aromatic heterocycles. The third-order valence-electron chi connectivity index (χ3n) is 6.57. The molecule has 1 fully saturated rings. The number of aryl methyl sites for hydroxylation is 1. The van der Waals surface area contributed by atoms with Gasteiger partial charge in [0, 0.05) is 53.2 Å². The highest BCUT2D eigenvalue weighted by molar-refractivity contribution is 6.01. The van der Waals surface area contributed by atoms with E-state index in [0.29, 0.717) is 31.9 Å². The lowest BCUT2D eigenvalue weighted by Gasteiger charge is -2.42. The molecule has 7 nitrogen and oxygen atoms in total. The number of hydrogen-bond acceptors (Lipinski definition) is 5. The molecule has 2 aliphatic rings. The van der Waals surface area contributed by atoms with Crippen molar-refractivity contribution in [3.8, 4) is 22.6 Å². The third-order valence-corrected chi connectivity index (χ3v) is 6.57. The molecule has 0 atom stereocenters. The Morgan fingerprint density at radius 1 is 1.22 bits per heavy atom. The van der Waals surface area contributed by atoms with Gasteiger partial charge >= 0.3 is 0 Å². The first kappa shape index (κ1) is 22.1. The predicted molar refractivity (Wildman–Crippen MR) is 124 cm³/mol. The van der Waals surface area contributed by atoms with E-state index in [9.17, 15) is 4.79 Å². The van der Waals surface area contributed by atoms with Crippen LogP contribution in [0.1, 0.15) is 32.0 Å². The molecule has 2 aromatic rings. The van der Waals surface area contributed by atoms with Crippen molar-refractivity contribution in [2.45, 2.75) is 33.2 Å². The fraction of sp³-hybridized carbons (Fsp3) is 0.440. The zero-order chi connectivity index (χ0) is 23.2. The van der Waals surface area contributed by atoms with Gasteiger partial charge in [-0.3, -0.25) is 9.48 Å². The number of nitrogens with zero attached hydrogens (tertiary/aromatic N) is 3. The molecule has 3 heterocycles. The van der Waals surface area contributed by atoms with Crippen LogP contribution in [-0.2, 0) is 16.6 Å². The van der Waals surface area contributed by atoms with Gasteiger partial charge in [-0.05, 0) is 39.3 Å². The molecule has 0 bridgehead atoms. The minimum Gasteiger partial charge on any atom is -0.496 e. The zero-order valence-corrected chi connectivity index (χ0v) is 19.7. The van der Waals surface area contributed by atoms with E-state index in [1.54, 1.807) is 7.11 Å². The van der Waals surface area contributed by atoms with E-state index < -0.39 is 0 Å². The fourth-order valence-corrected chi connectivity index (χ4v) is 4.38. The van der Waals surface area contributed by atoms with Gasteiger partial charge in [-0.25, -0.2) is 0 Å². The van der Waals surface area contributed by atoms with E-state index in [1.807, 2.05) is 56.6 Å². The highest BCUT2D eigenvalue weighted by Crippen LogP contribution is 2.43. The summed E-state index contributed by atoms with van der Waals surface area (Å²) in [6.07, 6.45) is 1.84. The SMILES string of the molecule is C=C(C(=O)N1CCOCC1(C)C)C1=C(C)c2cc(-c3cnn(C)c3C)c(OC)cc2OC1. The molecule has 170 valence electrons. The summed E-state index contributed by atoms with van der Waals surface area (Å²) in [5.41, 5.74) is 5.81. The summed E-state index contributed by atoms with van der Waals surface area (Å²) >= 11 is 0. The normalized spacial score (nSPS) is 17.6. The lowest BCUT2D eigenvalue weighted by Crippen LogP contribution is -2.56. The summed E-state index contributed by atoms with van der Waals surface area (Å²) in [5, 5.41) is 4.37. The van der Waals surface area contributed by atoms with Crippen LogP contribution in [-0.4, -0.2) is 59.6 Å². The number of carbonyl (C=O) groups is 1. The van der Waals surface area contributed by atoms with Crippen LogP contribution in [0.2, 0.25) is 0 Å². The molecule has 0 saturated carbocycles. The van der Waals surface area contributed by atoms with Gasteiger partial charge < -0.3 is 19.1 Å². The average Bonchev–Trinajstić information content (AvgIpc) is 3.10. The van der Waals surface area contributed by atoms with E-state index in [-0.39, 0.29) is 11.4 Å². The molecule has 0 N–H and O–H groups in total. The number of ether oxygens (including phenoxy) is 3. The van der Waals surface area contributed by atoms with Gasteiger partial charge in [0.1, 0.15) is 18.1 Å². The van der Waals surface area contributed by atoms with Crippen molar-refractivity contribution in [3.63, 3.8) is 0 Å². The number of hydrogen-bond donors (Lipinski definition) is 0. The lowest BCUT2D eigenvalue weighted by atomic mass is 9.90. The molecule has 0 aliphatic carbocycles. The molecular weight excluding hydrogens is 406 g/mol. The standard InChI is InChI=1S/C25H31N3O4/c1-15-18-10-19(20-12-26-27(6)17(20)3)22(30-7)11-23(18)32-13-21(15)16(2)24(29)28-8-9-31-14-25(28,4)5/h10-12H,2,8-9,13-14H2,1,3-7H3. The number of allylic oxidation sites excluding steroid dienone is 1. The van der Waals surface area contributed by atoms with Crippen molar-refractivity contribution in [2.24, 2.45) is 7.05 Å². The van der Waals surface area contributed by atoms with Crippen molar-refractivity contribution in [1.29, 1.82) is 0 Å². The molecule has 32 heavy (non-hydrogen) atoms.